The van der Waals surface area contributed by atoms with Gasteiger partial charge < -0.3 is 16.8 Å². The Morgan fingerprint density at radius 1 is 1.14 bits per heavy atom. The third kappa shape index (κ3) is 3.75. The lowest BCUT2D eigenvalue weighted by Crippen LogP contribution is -2.12. The first kappa shape index (κ1) is 14.9. The lowest BCUT2D eigenvalue weighted by Gasteiger charge is -2.11. The topological polar surface area (TPSA) is 81.1 Å². The molecule has 0 aliphatic rings. The van der Waals surface area contributed by atoms with Gasteiger partial charge in [0.2, 0.25) is 5.91 Å². The molecule has 0 bridgehead atoms. The number of benzene rings is 2. The van der Waals surface area contributed by atoms with Crippen molar-refractivity contribution < 1.29 is 4.79 Å². The fourth-order valence-electron chi connectivity index (χ4n) is 2.09. The third-order valence-corrected chi connectivity index (χ3v) is 3.47. The Balaban J connectivity index is 2.04. The summed E-state index contributed by atoms with van der Waals surface area (Å²) >= 11 is 0. The summed E-state index contributed by atoms with van der Waals surface area (Å²) in [4.78, 5) is 11.1. The number of amides is 1. The molecule has 0 saturated heterocycles. The smallest absolute Gasteiger partial charge is 0.248 e. The van der Waals surface area contributed by atoms with Crippen molar-refractivity contribution in [1.82, 2.24) is 0 Å². The SMILES string of the molecule is CC(C)c1ccc(CNc2ccc(C(N)=O)cc2N)cc1. The van der Waals surface area contributed by atoms with Gasteiger partial charge in [0.15, 0.2) is 0 Å². The number of nitrogens with one attached hydrogen (secondary N) is 1. The molecule has 5 N–H and O–H groups in total. The van der Waals surface area contributed by atoms with Crippen molar-refractivity contribution in [2.45, 2.75) is 26.3 Å². The summed E-state index contributed by atoms with van der Waals surface area (Å²) in [5, 5.41) is 3.27. The van der Waals surface area contributed by atoms with E-state index >= 15 is 0 Å². The van der Waals surface area contributed by atoms with Gasteiger partial charge in [-0.05, 0) is 35.2 Å². The number of primary amides is 1. The van der Waals surface area contributed by atoms with Gasteiger partial charge in [-0.3, -0.25) is 4.79 Å². The van der Waals surface area contributed by atoms with Crippen LogP contribution in [0.15, 0.2) is 42.5 Å². The predicted molar refractivity (Wildman–Crippen MR) is 87.2 cm³/mol. The number of nitrogen functional groups attached to an aromatic ring is 1. The average molecular weight is 283 g/mol. The molecule has 4 nitrogen and oxygen atoms in total. The average Bonchev–Trinajstić information content (AvgIpc) is 2.46. The molecule has 0 aliphatic carbocycles. The molecule has 0 aromatic heterocycles. The molecule has 110 valence electrons. The quantitative estimate of drug-likeness (QED) is 0.737. The van der Waals surface area contributed by atoms with E-state index in [1.165, 1.54) is 11.1 Å². The summed E-state index contributed by atoms with van der Waals surface area (Å²) in [7, 11) is 0. The van der Waals surface area contributed by atoms with Crippen molar-refractivity contribution in [2.75, 3.05) is 11.1 Å². The van der Waals surface area contributed by atoms with Crippen LogP contribution in [0.25, 0.3) is 0 Å². The molecule has 2 rings (SSSR count). The second-order valence-corrected chi connectivity index (χ2v) is 5.42. The number of nitrogens with two attached hydrogens (primary N) is 2. The van der Waals surface area contributed by atoms with Crippen molar-refractivity contribution in [3.05, 3.63) is 59.2 Å². The summed E-state index contributed by atoms with van der Waals surface area (Å²) in [6.45, 7) is 5.03. The first-order valence-electron chi connectivity index (χ1n) is 6.99. The van der Waals surface area contributed by atoms with Gasteiger partial charge in [0, 0.05) is 12.1 Å². The van der Waals surface area contributed by atoms with Crippen molar-refractivity contribution >= 4 is 17.3 Å². The molecule has 0 spiro atoms. The Labute approximate surface area is 125 Å². The van der Waals surface area contributed by atoms with Crippen LogP contribution in [-0.4, -0.2) is 5.91 Å². The Morgan fingerprint density at radius 3 is 2.33 bits per heavy atom. The highest BCUT2D eigenvalue weighted by atomic mass is 16.1. The molecule has 0 atom stereocenters. The number of carbonyl (C=O) groups is 1. The maximum absolute atomic E-state index is 11.1. The minimum Gasteiger partial charge on any atom is -0.397 e. The van der Waals surface area contributed by atoms with Crippen LogP contribution in [0.3, 0.4) is 0 Å². The number of rotatable bonds is 5. The first-order valence-corrected chi connectivity index (χ1v) is 6.99. The molecule has 0 fully saturated rings. The van der Waals surface area contributed by atoms with Gasteiger partial charge in [-0.25, -0.2) is 0 Å². The molecular weight excluding hydrogens is 262 g/mol. The second kappa shape index (κ2) is 6.31. The van der Waals surface area contributed by atoms with E-state index in [1.807, 2.05) is 0 Å². The maximum Gasteiger partial charge on any atom is 0.248 e. The molecular formula is C17H21N3O. The number of hydrogen-bond acceptors (Lipinski definition) is 3. The van der Waals surface area contributed by atoms with E-state index in [4.69, 9.17) is 11.5 Å². The normalized spacial score (nSPS) is 10.6. The van der Waals surface area contributed by atoms with E-state index in [-0.39, 0.29) is 0 Å². The molecule has 1 amide bonds. The zero-order valence-electron chi connectivity index (χ0n) is 12.4. The third-order valence-electron chi connectivity index (χ3n) is 3.47. The fourth-order valence-corrected chi connectivity index (χ4v) is 2.09. The maximum atomic E-state index is 11.1. The Bertz CT molecular complexity index is 633. The van der Waals surface area contributed by atoms with Gasteiger partial charge in [-0.2, -0.15) is 0 Å². The summed E-state index contributed by atoms with van der Waals surface area (Å²) in [6.07, 6.45) is 0. The van der Waals surface area contributed by atoms with E-state index in [1.54, 1.807) is 18.2 Å². The van der Waals surface area contributed by atoms with Crippen molar-refractivity contribution in [1.29, 1.82) is 0 Å². The fraction of sp³-hybridized carbons (Fsp3) is 0.235. The van der Waals surface area contributed by atoms with E-state index in [0.29, 0.717) is 23.7 Å². The number of anilines is 2. The molecule has 2 aromatic carbocycles. The second-order valence-electron chi connectivity index (χ2n) is 5.42. The highest BCUT2D eigenvalue weighted by Gasteiger charge is 2.05. The summed E-state index contributed by atoms with van der Waals surface area (Å²) < 4.78 is 0. The van der Waals surface area contributed by atoms with Gasteiger partial charge in [-0.1, -0.05) is 38.1 Å². The molecule has 21 heavy (non-hydrogen) atoms. The molecule has 0 unspecified atom stereocenters. The Morgan fingerprint density at radius 2 is 1.81 bits per heavy atom. The van der Waals surface area contributed by atoms with Gasteiger partial charge in [0.1, 0.15) is 0 Å². The van der Waals surface area contributed by atoms with Gasteiger partial charge >= 0.3 is 0 Å². The van der Waals surface area contributed by atoms with E-state index in [9.17, 15) is 4.79 Å². The van der Waals surface area contributed by atoms with Crippen LogP contribution in [0.1, 0.15) is 41.3 Å². The standard InChI is InChI=1S/C17H21N3O/c1-11(2)13-5-3-12(4-6-13)10-20-16-8-7-14(17(19)21)9-15(16)18/h3-9,11,20H,10,18H2,1-2H3,(H2,19,21). The molecule has 4 heteroatoms. The zero-order valence-corrected chi connectivity index (χ0v) is 12.4. The lowest BCUT2D eigenvalue weighted by molar-refractivity contribution is 0.100. The van der Waals surface area contributed by atoms with Crippen LogP contribution in [-0.2, 0) is 6.54 Å². The molecule has 0 radical (unpaired) electrons. The van der Waals surface area contributed by atoms with Gasteiger partial charge in [-0.15, -0.1) is 0 Å². The largest absolute Gasteiger partial charge is 0.397 e. The monoisotopic (exact) mass is 283 g/mol. The Kier molecular flexibility index (Phi) is 4.48. The van der Waals surface area contributed by atoms with Crippen LogP contribution in [0.5, 0.6) is 0 Å². The van der Waals surface area contributed by atoms with Crippen LogP contribution >= 0.6 is 0 Å². The minimum absolute atomic E-state index is 0.416. The molecule has 0 aliphatic heterocycles. The van der Waals surface area contributed by atoms with Crippen molar-refractivity contribution in [3.63, 3.8) is 0 Å². The van der Waals surface area contributed by atoms with Crippen LogP contribution in [0.4, 0.5) is 11.4 Å². The predicted octanol–water partition coefficient (Wildman–Crippen LogP) is 3.10. The summed E-state index contributed by atoms with van der Waals surface area (Å²) in [5.74, 6) is 0.0570. The van der Waals surface area contributed by atoms with Crippen LogP contribution < -0.4 is 16.8 Å². The van der Waals surface area contributed by atoms with E-state index in [0.717, 1.165) is 5.69 Å². The van der Waals surface area contributed by atoms with E-state index < -0.39 is 5.91 Å². The number of carbonyl (C=O) groups excluding carboxylic acids is 1. The summed E-state index contributed by atoms with van der Waals surface area (Å²) in [6, 6.07) is 13.5. The molecule has 0 heterocycles. The van der Waals surface area contributed by atoms with Crippen LogP contribution in [0, 0.1) is 0 Å². The minimum atomic E-state index is -0.475. The Hall–Kier alpha value is -2.49. The first-order chi connectivity index (χ1) is 9.97. The number of hydrogen-bond donors (Lipinski definition) is 3. The molecule has 0 saturated carbocycles. The molecule has 2 aromatic rings. The van der Waals surface area contributed by atoms with Crippen LogP contribution in [0.2, 0.25) is 0 Å². The highest BCUT2D eigenvalue weighted by Crippen LogP contribution is 2.21. The van der Waals surface area contributed by atoms with Crippen molar-refractivity contribution in [2.24, 2.45) is 5.73 Å². The zero-order chi connectivity index (χ0) is 15.4. The summed E-state index contributed by atoms with van der Waals surface area (Å²) in [5.41, 5.74) is 15.4. The van der Waals surface area contributed by atoms with Gasteiger partial charge in [0.25, 0.3) is 0 Å². The lowest BCUT2D eigenvalue weighted by atomic mass is 10.0. The van der Waals surface area contributed by atoms with Crippen molar-refractivity contribution in [3.8, 4) is 0 Å². The van der Waals surface area contributed by atoms with E-state index in [2.05, 4.69) is 43.4 Å². The highest BCUT2D eigenvalue weighted by molar-refractivity contribution is 5.94. The van der Waals surface area contributed by atoms with Gasteiger partial charge in [0.05, 0.1) is 11.4 Å².